The second kappa shape index (κ2) is 6.20. The summed E-state index contributed by atoms with van der Waals surface area (Å²) in [5.74, 6) is 1.28. The number of aromatic nitrogens is 2. The standard InChI is InChI=1S/C15H24N4O/c1-11(2)15(20)19-7-5-6-18(8-9-19)14-13(4)16-10-12(3)17-14/h10-11H,5-9H2,1-4H3. The van der Waals surface area contributed by atoms with Crippen LogP contribution in [0.1, 0.15) is 31.7 Å². The zero-order chi connectivity index (χ0) is 14.7. The van der Waals surface area contributed by atoms with Crippen molar-refractivity contribution >= 4 is 11.7 Å². The van der Waals surface area contributed by atoms with Gasteiger partial charge in [0.1, 0.15) is 5.82 Å². The number of hydrogen-bond donors (Lipinski definition) is 0. The highest BCUT2D eigenvalue weighted by Crippen LogP contribution is 2.18. The number of nitrogens with zero attached hydrogens (tertiary/aromatic N) is 4. The van der Waals surface area contributed by atoms with E-state index in [9.17, 15) is 4.79 Å². The number of carbonyl (C=O) groups is 1. The van der Waals surface area contributed by atoms with Crippen LogP contribution in [0.3, 0.4) is 0 Å². The monoisotopic (exact) mass is 276 g/mol. The van der Waals surface area contributed by atoms with Crippen LogP contribution in [0.25, 0.3) is 0 Å². The zero-order valence-electron chi connectivity index (χ0n) is 12.9. The minimum atomic E-state index is 0.0713. The quantitative estimate of drug-likeness (QED) is 0.826. The SMILES string of the molecule is Cc1cnc(C)c(N2CCCN(C(=O)C(C)C)CC2)n1. The molecule has 0 atom stereocenters. The Morgan fingerprint density at radius 2 is 1.95 bits per heavy atom. The van der Waals surface area contributed by atoms with Crippen molar-refractivity contribution in [2.45, 2.75) is 34.1 Å². The van der Waals surface area contributed by atoms with E-state index in [2.05, 4.69) is 14.9 Å². The lowest BCUT2D eigenvalue weighted by atomic mass is 10.2. The van der Waals surface area contributed by atoms with Crippen LogP contribution >= 0.6 is 0 Å². The van der Waals surface area contributed by atoms with Gasteiger partial charge < -0.3 is 9.80 Å². The van der Waals surface area contributed by atoms with Gasteiger partial charge in [-0.25, -0.2) is 4.98 Å². The molecule has 1 amide bonds. The van der Waals surface area contributed by atoms with Crippen LogP contribution in [0.5, 0.6) is 0 Å². The molecular formula is C15H24N4O. The molecule has 1 aliphatic rings. The summed E-state index contributed by atoms with van der Waals surface area (Å²) in [7, 11) is 0. The van der Waals surface area contributed by atoms with E-state index in [0.29, 0.717) is 0 Å². The summed E-state index contributed by atoms with van der Waals surface area (Å²) in [5, 5.41) is 0. The molecule has 0 unspecified atom stereocenters. The second-order valence-electron chi connectivity index (χ2n) is 5.74. The Kier molecular flexibility index (Phi) is 4.57. The van der Waals surface area contributed by atoms with E-state index in [1.807, 2.05) is 32.6 Å². The van der Waals surface area contributed by atoms with Crippen molar-refractivity contribution in [2.24, 2.45) is 5.92 Å². The van der Waals surface area contributed by atoms with Crippen LogP contribution in [0.2, 0.25) is 0 Å². The van der Waals surface area contributed by atoms with E-state index < -0.39 is 0 Å². The van der Waals surface area contributed by atoms with Gasteiger partial charge in [-0.3, -0.25) is 9.78 Å². The zero-order valence-corrected chi connectivity index (χ0v) is 12.9. The Hall–Kier alpha value is -1.65. The Bertz CT molecular complexity index is 487. The van der Waals surface area contributed by atoms with Crippen molar-refractivity contribution in [3.05, 3.63) is 17.6 Å². The first-order valence-electron chi connectivity index (χ1n) is 7.33. The first kappa shape index (κ1) is 14.8. The van der Waals surface area contributed by atoms with Gasteiger partial charge in [-0.15, -0.1) is 0 Å². The minimum absolute atomic E-state index is 0.0713. The first-order valence-corrected chi connectivity index (χ1v) is 7.33. The largest absolute Gasteiger partial charge is 0.353 e. The summed E-state index contributed by atoms with van der Waals surface area (Å²) in [4.78, 5) is 25.3. The Labute approximate surface area is 121 Å². The van der Waals surface area contributed by atoms with Crippen LogP contribution in [-0.2, 0) is 4.79 Å². The van der Waals surface area contributed by atoms with Crippen molar-refractivity contribution in [1.82, 2.24) is 14.9 Å². The molecular weight excluding hydrogens is 252 g/mol. The second-order valence-corrected chi connectivity index (χ2v) is 5.74. The Balaban J connectivity index is 2.09. The summed E-state index contributed by atoms with van der Waals surface area (Å²) < 4.78 is 0. The van der Waals surface area contributed by atoms with Gasteiger partial charge in [-0.2, -0.15) is 0 Å². The maximum Gasteiger partial charge on any atom is 0.225 e. The van der Waals surface area contributed by atoms with Crippen LogP contribution in [0, 0.1) is 19.8 Å². The van der Waals surface area contributed by atoms with Gasteiger partial charge in [0, 0.05) is 38.3 Å². The molecule has 20 heavy (non-hydrogen) atoms. The summed E-state index contributed by atoms with van der Waals surface area (Å²) >= 11 is 0. The van der Waals surface area contributed by atoms with Gasteiger partial charge in [0.15, 0.2) is 0 Å². The third kappa shape index (κ3) is 3.26. The summed E-state index contributed by atoms with van der Waals surface area (Å²) in [5.41, 5.74) is 1.89. The van der Waals surface area contributed by atoms with Crippen LogP contribution in [-0.4, -0.2) is 47.0 Å². The molecule has 110 valence electrons. The molecule has 0 aliphatic carbocycles. The average molecular weight is 276 g/mol. The molecule has 0 spiro atoms. The maximum atomic E-state index is 12.1. The molecule has 0 N–H and O–H groups in total. The molecule has 0 bridgehead atoms. The molecule has 0 saturated carbocycles. The fraction of sp³-hybridized carbons (Fsp3) is 0.667. The molecule has 1 aliphatic heterocycles. The lowest BCUT2D eigenvalue weighted by Crippen LogP contribution is -2.37. The van der Waals surface area contributed by atoms with Gasteiger partial charge in [0.05, 0.1) is 11.4 Å². The van der Waals surface area contributed by atoms with E-state index in [4.69, 9.17) is 0 Å². The Morgan fingerprint density at radius 1 is 1.20 bits per heavy atom. The van der Waals surface area contributed by atoms with E-state index in [0.717, 1.165) is 49.8 Å². The summed E-state index contributed by atoms with van der Waals surface area (Å²) in [6, 6.07) is 0. The number of anilines is 1. The number of amides is 1. The van der Waals surface area contributed by atoms with E-state index in [1.54, 1.807) is 6.20 Å². The highest BCUT2D eigenvalue weighted by atomic mass is 16.2. The molecule has 2 heterocycles. The smallest absolute Gasteiger partial charge is 0.225 e. The first-order chi connectivity index (χ1) is 9.49. The van der Waals surface area contributed by atoms with Crippen molar-refractivity contribution in [1.29, 1.82) is 0 Å². The van der Waals surface area contributed by atoms with Crippen LogP contribution in [0.4, 0.5) is 5.82 Å². The molecule has 2 rings (SSSR count). The lowest BCUT2D eigenvalue weighted by molar-refractivity contribution is -0.134. The highest BCUT2D eigenvalue weighted by Gasteiger charge is 2.22. The van der Waals surface area contributed by atoms with Crippen LogP contribution < -0.4 is 4.90 Å². The lowest BCUT2D eigenvalue weighted by Gasteiger charge is -2.24. The van der Waals surface area contributed by atoms with E-state index in [1.165, 1.54) is 0 Å². The van der Waals surface area contributed by atoms with Crippen molar-refractivity contribution in [2.75, 3.05) is 31.1 Å². The topological polar surface area (TPSA) is 49.3 Å². The number of carbonyl (C=O) groups excluding carboxylic acids is 1. The summed E-state index contributed by atoms with van der Waals surface area (Å²) in [6.45, 7) is 11.2. The molecule has 1 fully saturated rings. The molecule has 0 radical (unpaired) electrons. The predicted octanol–water partition coefficient (Wildman–Crippen LogP) is 1.79. The molecule has 1 aromatic rings. The normalized spacial score (nSPS) is 16.4. The Morgan fingerprint density at radius 3 is 2.65 bits per heavy atom. The van der Waals surface area contributed by atoms with Gasteiger partial charge in [0.2, 0.25) is 5.91 Å². The average Bonchev–Trinajstić information content (AvgIpc) is 2.66. The van der Waals surface area contributed by atoms with Gasteiger partial charge >= 0.3 is 0 Å². The van der Waals surface area contributed by atoms with Crippen molar-refractivity contribution in [3.8, 4) is 0 Å². The van der Waals surface area contributed by atoms with Gasteiger partial charge in [-0.1, -0.05) is 13.8 Å². The molecule has 1 aromatic heterocycles. The molecule has 5 heteroatoms. The van der Waals surface area contributed by atoms with Crippen molar-refractivity contribution < 1.29 is 4.79 Å². The third-order valence-electron chi connectivity index (χ3n) is 3.65. The molecule has 0 aromatic carbocycles. The number of aryl methyl sites for hydroxylation is 2. The fourth-order valence-electron chi connectivity index (χ4n) is 2.54. The predicted molar refractivity (Wildman–Crippen MR) is 79.8 cm³/mol. The highest BCUT2D eigenvalue weighted by molar-refractivity contribution is 5.78. The third-order valence-corrected chi connectivity index (χ3v) is 3.65. The summed E-state index contributed by atoms with van der Waals surface area (Å²) in [6.07, 6.45) is 2.78. The van der Waals surface area contributed by atoms with Gasteiger partial charge in [0.25, 0.3) is 0 Å². The van der Waals surface area contributed by atoms with E-state index in [-0.39, 0.29) is 11.8 Å². The number of hydrogen-bond acceptors (Lipinski definition) is 4. The molecule has 5 nitrogen and oxygen atoms in total. The maximum absolute atomic E-state index is 12.1. The minimum Gasteiger partial charge on any atom is -0.353 e. The van der Waals surface area contributed by atoms with E-state index >= 15 is 0 Å². The van der Waals surface area contributed by atoms with Gasteiger partial charge in [-0.05, 0) is 20.3 Å². The van der Waals surface area contributed by atoms with Crippen LogP contribution in [0.15, 0.2) is 6.20 Å². The molecule has 1 saturated heterocycles. The number of rotatable bonds is 2. The fourth-order valence-corrected chi connectivity index (χ4v) is 2.54. The van der Waals surface area contributed by atoms with Crippen molar-refractivity contribution in [3.63, 3.8) is 0 Å².